The van der Waals surface area contributed by atoms with E-state index in [1.54, 1.807) is 42.5 Å². The Morgan fingerprint density at radius 2 is 1.61 bits per heavy atom. The lowest BCUT2D eigenvalue weighted by molar-refractivity contribution is -0.137. The third-order valence-corrected chi connectivity index (χ3v) is 6.46. The molecule has 10 heteroatoms. The molecule has 208 valence electrons. The van der Waals surface area contributed by atoms with Crippen LogP contribution in [-0.2, 0) is 6.18 Å². The maximum absolute atomic E-state index is 13.3. The van der Waals surface area contributed by atoms with Crippen molar-refractivity contribution >= 4 is 22.8 Å². The third-order valence-electron chi connectivity index (χ3n) is 6.46. The molecular weight excluding hydrogens is 537 g/mol. The van der Waals surface area contributed by atoms with Gasteiger partial charge >= 0.3 is 18.1 Å². The third kappa shape index (κ3) is 5.36. The summed E-state index contributed by atoms with van der Waals surface area (Å²) in [6.45, 7) is 3.77. The number of aromatic nitrogens is 2. The van der Waals surface area contributed by atoms with Crippen molar-refractivity contribution in [3.63, 3.8) is 0 Å². The molecule has 0 fully saturated rings. The second kappa shape index (κ2) is 10.5. The van der Waals surface area contributed by atoms with E-state index >= 15 is 0 Å². The summed E-state index contributed by atoms with van der Waals surface area (Å²) in [7, 11) is 0. The van der Waals surface area contributed by atoms with Crippen LogP contribution >= 0.6 is 0 Å². The molecule has 0 aliphatic rings. The molecule has 0 unspecified atom stereocenters. The zero-order valence-corrected chi connectivity index (χ0v) is 21.8. The summed E-state index contributed by atoms with van der Waals surface area (Å²) in [5, 5.41) is 20.1. The van der Waals surface area contributed by atoms with E-state index in [4.69, 9.17) is 4.74 Å². The summed E-state index contributed by atoms with van der Waals surface area (Å²) < 4.78 is 45.5. The average molecular weight is 561 g/mol. The van der Waals surface area contributed by atoms with Crippen LogP contribution in [0.1, 0.15) is 40.3 Å². The normalized spacial score (nSPS) is 11.7. The van der Waals surface area contributed by atoms with Crippen molar-refractivity contribution in [3.05, 3.63) is 95.8 Å². The number of aromatic amines is 1. The standard InChI is InChI=1S/C31H23F3N2O5/c1-16(2)41-21-9-6-17(7-10-21)25-22(23-12-8-20(15-35-23)31(32,33)34)11-13-24-27(25)26(28(36-24)30(39)40)18-4-3-5-19(14-18)29(37)38/h3-16,36H,1-2H3,(H,37,38)(H,39,40). The van der Waals surface area contributed by atoms with Gasteiger partial charge in [-0.15, -0.1) is 0 Å². The number of nitrogens with one attached hydrogen (secondary N) is 1. The molecule has 2 heterocycles. The van der Waals surface area contributed by atoms with Crippen molar-refractivity contribution in [1.29, 1.82) is 0 Å². The largest absolute Gasteiger partial charge is 0.491 e. The molecule has 0 bridgehead atoms. The van der Waals surface area contributed by atoms with Gasteiger partial charge in [-0.25, -0.2) is 9.59 Å². The van der Waals surface area contributed by atoms with Crippen LogP contribution in [0, 0.1) is 0 Å². The Bertz CT molecular complexity index is 1770. The van der Waals surface area contributed by atoms with Crippen LogP contribution in [0.15, 0.2) is 79.0 Å². The Hall–Kier alpha value is -5.12. The molecule has 0 radical (unpaired) electrons. The van der Waals surface area contributed by atoms with Gasteiger partial charge in [-0.2, -0.15) is 13.2 Å². The molecular formula is C31H23F3N2O5. The Morgan fingerprint density at radius 1 is 0.878 bits per heavy atom. The molecule has 0 aliphatic carbocycles. The Morgan fingerprint density at radius 3 is 2.20 bits per heavy atom. The Kier molecular flexibility index (Phi) is 7.00. The highest BCUT2D eigenvalue weighted by atomic mass is 19.4. The fraction of sp³-hybridized carbons (Fsp3) is 0.129. The number of halogens is 3. The minimum absolute atomic E-state index is 0.0366. The van der Waals surface area contributed by atoms with Crippen molar-refractivity contribution in [2.24, 2.45) is 0 Å². The van der Waals surface area contributed by atoms with Crippen molar-refractivity contribution in [2.45, 2.75) is 26.1 Å². The van der Waals surface area contributed by atoms with Crippen LogP contribution in [0.25, 0.3) is 44.4 Å². The molecule has 3 N–H and O–H groups in total. The van der Waals surface area contributed by atoms with Crippen LogP contribution in [0.2, 0.25) is 0 Å². The summed E-state index contributed by atoms with van der Waals surface area (Å²) in [6.07, 6.45) is -3.89. The predicted molar refractivity (Wildman–Crippen MR) is 147 cm³/mol. The summed E-state index contributed by atoms with van der Waals surface area (Å²) in [6, 6.07) is 18.4. The summed E-state index contributed by atoms with van der Waals surface area (Å²) >= 11 is 0. The van der Waals surface area contributed by atoms with Gasteiger partial charge in [0.25, 0.3) is 0 Å². The number of rotatable bonds is 7. The molecule has 0 saturated carbocycles. The molecule has 5 aromatic rings. The zero-order valence-electron chi connectivity index (χ0n) is 21.8. The molecule has 2 aromatic heterocycles. The average Bonchev–Trinajstić information content (AvgIpc) is 3.33. The maximum atomic E-state index is 13.3. The Balaban J connectivity index is 1.85. The van der Waals surface area contributed by atoms with E-state index in [2.05, 4.69) is 9.97 Å². The van der Waals surface area contributed by atoms with Gasteiger partial charge in [0.2, 0.25) is 0 Å². The van der Waals surface area contributed by atoms with Crippen LogP contribution < -0.4 is 4.74 Å². The fourth-order valence-electron chi connectivity index (χ4n) is 4.75. The highest BCUT2D eigenvalue weighted by molar-refractivity contribution is 6.16. The molecule has 41 heavy (non-hydrogen) atoms. The molecule has 5 rings (SSSR count). The number of H-pyrrole nitrogens is 1. The second-order valence-corrected chi connectivity index (χ2v) is 9.60. The SMILES string of the molecule is CC(C)Oc1ccc(-c2c(-c3ccc(C(F)(F)F)cn3)ccc3[nH]c(C(=O)O)c(-c4cccc(C(=O)O)c4)c23)cc1. The van der Waals surface area contributed by atoms with Gasteiger partial charge in [-0.05, 0) is 67.4 Å². The first-order chi connectivity index (χ1) is 19.4. The smallest absolute Gasteiger partial charge is 0.417 e. The lowest BCUT2D eigenvalue weighted by atomic mass is 9.89. The number of fused-ring (bicyclic) bond motifs is 1. The number of hydrogen-bond acceptors (Lipinski definition) is 4. The minimum Gasteiger partial charge on any atom is -0.491 e. The van der Waals surface area contributed by atoms with Crippen LogP contribution in [0.3, 0.4) is 0 Å². The lowest BCUT2D eigenvalue weighted by Gasteiger charge is -2.16. The van der Waals surface area contributed by atoms with Crippen molar-refractivity contribution in [3.8, 4) is 39.3 Å². The van der Waals surface area contributed by atoms with Gasteiger partial charge in [0.05, 0.1) is 22.9 Å². The first-order valence-electron chi connectivity index (χ1n) is 12.5. The van der Waals surface area contributed by atoms with Crippen LogP contribution in [0.4, 0.5) is 13.2 Å². The zero-order chi connectivity index (χ0) is 29.5. The molecule has 0 amide bonds. The number of hydrogen-bond donors (Lipinski definition) is 3. The molecule has 0 aliphatic heterocycles. The van der Waals surface area contributed by atoms with Gasteiger partial charge in [0.1, 0.15) is 11.4 Å². The van der Waals surface area contributed by atoms with Gasteiger partial charge in [0.15, 0.2) is 0 Å². The molecule has 0 saturated heterocycles. The number of aromatic carboxylic acids is 2. The van der Waals surface area contributed by atoms with Gasteiger partial charge in [-0.1, -0.05) is 30.3 Å². The van der Waals surface area contributed by atoms with Crippen molar-refractivity contribution < 1.29 is 37.7 Å². The number of benzene rings is 3. The highest BCUT2D eigenvalue weighted by Crippen LogP contribution is 2.44. The summed E-state index contributed by atoms with van der Waals surface area (Å²) in [5.74, 6) is -1.85. The summed E-state index contributed by atoms with van der Waals surface area (Å²) in [4.78, 5) is 31.1. The number of carboxylic acid groups (broad SMARTS) is 2. The van der Waals surface area contributed by atoms with E-state index in [1.807, 2.05) is 13.8 Å². The monoisotopic (exact) mass is 560 g/mol. The molecule has 0 atom stereocenters. The number of pyridine rings is 1. The topological polar surface area (TPSA) is 113 Å². The van der Waals surface area contributed by atoms with E-state index in [1.165, 1.54) is 24.3 Å². The second-order valence-electron chi connectivity index (χ2n) is 9.60. The fourth-order valence-corrected chi connectivity index (χ4v) is 4.75. The maximum Gasteiger partial charge on any atom is 0.417 e. The molecule has 7 nitrogen and oxygen atoms in total. The number of ether oxygens (including phenoxy) is 1. The molecule has 0 spiro atoms. The van der Waals surface area contributed by atoms with Gasteiger partial charge < -0.3 is 19.9 Å². The number of alkyl halides is 3. The van der Waals surface area contributed by atoms with E-state index in [9.17, 15) is 33.0 Å². The lowest BCUT2D eigenvalue weighted by Crippen LogP contribution is -2.05. The number of carboxylic acids is 2. The Labute approximate surface area is 231 Å². The van der Waals surface area contributed by atoms with Gasteiger partial charge in [-0.3, -0.25) is 4.98 Å². The molecule has 3 aromatic carbocycles. The first-order valence-corrected chi connectivity index (χ1v) is 12.5. The highest BCUT2D eigenvalue weighted by Gasteiger charge is 2.31. The summed E-state index contributed by atoms with van der Waals surface area (Å²) in [5.41, 5.74) is 1.73. The van der Waals surface area contributed by atoms with E-state index in [-0.39, 0.29) is 28.6 Å². The van der Waals surface area contributed by atoms with Crippen molar-refractivity contribution in [2.75, 3.05) is 0 Å². The minimum atomic E-state index is -4.57. The number of carbonyl (C=O) groups is 2. The first kappa shape index (κ1) is 27.4. The van der Waals surface area contributed by atoms with E-state index < -0.39 is 23.7 Å². The van der Waals surface area contributed by atoms with E-state index in [0.29, 0.717) is 38.9 Å². The van der Waals surface area contributed by atoms with Crippen LogP contribution in [-0.4, -0.2) is 38.2 Å². The predicted octanol–water partition coefficient (Wildman–Crippen LogP) is 7.77. The van der Waals surface area contributed by atoms with Crippen molar-refractivity contribution in [1.82, 2.24) is 9.97 Å². The van der Waals surface area contributed by atoms with Crippen LogP contribution in [0.5, 0.6) is 5.75 Å². The van der Waals surface area contributed by atoms with E-state index in [0.717, 1.165) is 12.3 Å². The van der Waals surface area contributed by atoms with Gasteiger partial charge in [0, 0.05) is 33.8 Å². The quantitative estimate of drug-likeness (QED) is 0.188. The number of nitrogens with zero attached hydrogens (tertiary/aromatic N) is 1.